The van der Waals surface area contributed by atoms with Crippen LogP contribution in [0.4, 0.5) is 0 Å². The monoisotopic (exact) mass is 265 g/mol. The van der Waals surface area contributed by atoms with Crippen molar-refractivity contribution in [3.05, 3.63) is 0 Å². The van der Waals surface area contributed by atoms with Gasteiger partial charge in [0.2, 0.25) is 5.91 Å². The Morgan fingerprint density at radius 3 is 2.65 bits per heavy atom. The van der Waals surface area contributed by atoms with Crippen LogP contribution in [-0.2, 0) is 24.2 Å². The van der Waals surface area contributed by atoms with E-state index < -0.39 is 33.5 Å². The van der Waals surface area contributed by atoms with Crippen LogP contribution >= 0.6 is 0 Å². The van der Waals surface area contributed by atoms with Gasteiger partial charge in [0, 0.05) is 12.8 Å². The minimum absolute atomic E-state index is 0.127. The van der Waals surface area contributed by atoms with Crippen molar-refractivity contribution >= 4 is 21.7 Å². The summed E-state index contributed by atoms with van der Waals surface area (Å²) in [6, 6.07) is -0.588. The minimum atomic E-state index is -3.40. The summed E-state index contributed by atoms with van der Waals surface area (Å²) in [5.74, 6) is -2.21. The molecule has 1 heterocycles. The van der Waals surface area contributed by atoms with Gasteiger partial charge in [-0.05, 0) is 0 Å². The fraction of sp³-hybridized carbons (Fsp3) is 0.778. The smallest absolute Gasteiger partial charge is 0.305 e. The van der Waals surface area contributed by atoms with Gasteiger partial charge in [-0.15, -0.1) is 0 Å². The Balaban J connectivity index is 2.70. The van der Waals surface area contributed by atoms with Crippen LogP contribution in [0.5, 0.6) is 0 Å². The fourth-order valence-corrected chi connectivity index (χ4v) is 2.28. The molecule has 0 aromatic heterocycles. The van der Waals surface area contributed by atoms with Gasteiger partial charge in [-0.25, -0.2) is 8.42 Å². The number of morpholine rings is 1. The molecule has 1 aliphatic heterocycles. The van der Waals surface area contributed by atoms with Gasteiger partial charge in [0.25, 0.3) is 0 Å². The summed E-state index contributed by atoms with van der Waals surface area (Å²) in [6.45, 7) is 0.653. The van der Waals surface area contributed by atoms with Crippen molar-refractivity contribution in [1.82, 2.24) is 4.90 Å². The fourth-order valence-electron chi connectivity index (χ4n) is 1.66. The summed E-state index contributed by atoms with van der Waals surface area (Å²) >= 11 is 0. The standard InChI is InChI=1S/C9H15NO6S/c1-17(14,15)6-8(11)10-2-3-16-5-7(10)4-9(12)13/h7H,2-6H2,1H3,(H,12,13). The molecule has 1 atom stereocenters. The van der Waals surface area contributed by atoms with Gasteiger partial charge in [-0.1, -0.05) is 0 Å². The van der Waals surface area contributed by atoms with Crippen molar-refractivity contribution in [1.29, 1.82) is 0 Å². The zero-order chi connectivity index (χ0) is 13.1. The lowest BCUT2D eigenvalue weighted by atomic mass is 10.1. The van der Waals surface area contributed by atoms with Crippen molar-refractivity contribution < 1.29 is 27.9 Å². The van der Waals surface area contributed by atoms with Crippen LogP contribution in [0, 0.1) is 0 Å². The Hall–Kier alpha value is -1.15. The third-order valence-corrected chi connectivity index (χ3v) is 3.12. The molecule has 0 aromatic rings. The molecule has 8 heteroatoms. The molecular weight excluding hydrogens is 250 g/mol. The number of amides is 1. The first kappa shape index (κ1) is 13.9. The number of aliphatic carboxylic acids is 1. The highest BCUT2D eigenvalue weighted by atomic mass is 32.2. The molecule has 98 valence electrons. The molecule has 0 aromatic carbocycles. The highest BCUT2D eigenvalue weighted by molar-refractivity contribution is 7.91. The highest BCUT2D eigenvalue weighted by Gasteiger charge is 2.30. The van der Waals surface area contributed by atoms with Crippen molar-refractivity contribution in [2.45, 2.75) is 12.5 Å². The lowest BCUT2D eigenvalue weighted by Crippen LogP contribution is -2.51. The number of rotatable bonds is 4. The first-order valence-electron chi connectivity index (χ1n) is 5.06. The zero-order valence-corrected chi connectivity index (χ0v) is 10.3. The Labute approximate surface area is 99.3 Å². The van der Waals surface area contributed by atoms with Crippen LogP contribution in [0.1, 0.15) is 6.42 Å². The molecule has 1 unspecified atom stereocenters. The first-order valence-corrected chi connectivity index (χ1v) is 7.12. The Bertz CT molecular complexity index is 404. The van der Waals surface area contributed by atoms with E-state index in [0.29, 0.717) is 6.61 Å². The summed E-state index contributed by atoms with van der Waals surface area (Å²) in [4.78, 5) is 23.6. The number of hydrogen-bond acceptors (Lipinski definition) is 5. The van der Waals surface area contributed by atoms with Gasteiger partial charge in [-0.2, -0.15) is 0 Å². The molecule has 17 heavy (non-hydrogen) atoms. The molecule has 1 saturated heterocycles. The molecule has 0 bridgehead atoms. The average Bonchev–Trinajstić information content (AvgIpc) is 2.14. The summed E-state index contributed by atoms with van der Waals surface area (Å²) < 4.78 is 27.1. The second kappa shape index (κ2) is 5.46. The van der Waals surface area contributed by atoms with Crippen molar-refractivity contribution in [2.75, 3.05) is 31.8 Å². The predicted octanol–water partition coefficient (Wildman–Crippen LogP) is -1.27. The normalized spacial score (nSPS) is 21.2. The Morgan fingerprint density at radius 2 is 2.12 bits per heavy atom. The van der Waals surface area contributed by atoms with Crippen LogP contribution in [0.25, 0.3) is 0 Å². The van der Waals surface area contributed by atoms with E-state index in [1.54, 1.807) is 0 Å². The van der Waals surface area contributed by atoms with Crippen LogP contribution in [0.15, 0.2) is 0 Å². The summed E-state index contributed by atoms with van der Waals surface area (Å²) in [5, 5.41) is 8.69. The van der Waals surface area contributed by atoms with Crippen LogP contribution in [0.2, 0.25) is 0 Å². The van der Waals surface area contributed by atoms with E-state index in [2.05, 4.69) is 0 Å². The highest BCUT2D eigenvalue weighted by Crippen LogP contribution is 2.11. The van der Waals surface area contributed by atoms with Crippen molar-refractivity contribution in [3.8, 4) is 0 Å². The van der Waals surface area contributed by atoms with Crippen LogP contribution in [0.3, 0.4) is 0 Å². The van der Waals surface area contributed by atoms with E-state index in [4.69, 9.17) is 9.84 Å². The van der Waals surface area contributed by atoms with Crippen LogP contribution in [-0.4, -0.2) is 68.1 Å². The number of carbonyl (C=O) groups is 2. The Kier molecular flexibility index (Phi) is 4.47. The van der Waals surface area contributed by atoms with Gasteiger partial charge in [0.05, 0.1) is 25.7 Å². The van der Waals surface area contributed by atoms with E-state index in [1.165, 1.54) is 4.90 Å². The van der Waals surface area contributed by atoms with E-state index in [9.17, 15) is 18.0 Å². The van der Waals surface area contributed by atoms with Gasteiger partial charge >= 0.3 is 5.97 Å². The predicted molar refractivity (Wildman–Crippen MR) is 58.3 cm³/mol. The van der Waals surface area contributed by atoms with Gasteiger partial charge in [0.1, 0.15) is 5.75 Å². The van der Waals surface area contributed by atoms with E-state index in [0.717, 1.165) is 6.26 Å². The molecule has 0 radical (unpaired) electrons. The van der Waals surface area contributed by atoms with Crippen LogP contribution < -0.4 is 0 Å². The Morgan fingerprint density at radius 1 is 1.47 bits per heavy atom. The van der Waals surface area contributed by atoms with E-state index in [1.807, 2.05) is 0 Å². The number of ether oxygens (including phenoxy) is 1. The van der Waals surface area contributed by atoms with Gasteiger partial charge in [-0.3, -0.25) is 9.59 Å². The molecule has 7 nitrogen and oxygen atoms in total. The third kappa shape index (κ3) is 4.70. The summed E-state index contributed by atoms with van der Waals surface area (Å²) in [5.41, 5.74) is 0. The van der Waals surface area contributed by atoms with Gasteiger partial charge < -0.3 is 14.7 Å². The second-order valence-electron chi connectivity index (χ2n) is 3.98. The first-order chi connectivity index (χ1) is 7.79. The quantitative estimate of drug-likeness (QED) is 0.680. The average molecular weight is 265 g/mol. The molecular formula is C9H15NO6S. The van der Waals surface area contributed by atoms with Crippen molar-refractivity contribution in [2.24, 2.45) is 0 Å². The topological polar surface area (TPSA) is 101 Å². The number of carboxylic acid groups (broad SMARTS) is 1. The lowest BCUT2D eigenvalue weighted by Gasteiger charge is -2.34. The largest absolute Gasteiger partial charge is 0.481 e. The summed E-state index contributed by atoms with van der Waals surface area (Å²) in [7, 11) is -3.40. The molecule has 1 aliphatic rings. The molecule has 1 fully saturated rings. The maximum absolute atomic E-state index is 11.7. The maximum atomic E-state index is 11.7. The molecule has 0 aliphatic carbocycles. The third-order valence-electron chi connectivity index (χ3n) is 2.34. The number of sulfone groups is 1. The molecule has 0 spiro atoms. The number of nitrogens with zero attached hydrogens (tertiary/aromatic N) is 1. The van der Waals surface area contributed by atoms with Crippen molar-refractivity contribution in [3.63, 3.8) is 0 Å². The van der Waals surface area contributed by atoms with E-state index >= 15 is 0 Å². The minimum Gasteiger partial charge on any atom is -0.481 e. The molecule has 1 N–H and O–H groups in total. The van der Waals surface area contributed by atoms with Gasteiger partial charge in [0.15, 0.2) is 9.84 Å². The maximum Gasteiger partial charge on any atom is 0.305 e. The number of hydrogen-bond donors (Lipinski definition) is 1. The second-order valence-corrected chi connectivity index (χ2v) is 6.12. The molecule has 0 saturated carbocycles. The lowest BCUT2D eigenvalue weighted by molar-refractivity contribution is -0.144. The number of carbonyl (C=O) groups excluding carboxylic acids is 1. The SMILES string of the molecule is CS(=O)(=O)CC(=O)N1CCOCC1CC(=O)O. The van der Waals surface area contributed by atoms with E-state index in [-0.39, 0.29) is 19.6 Å². The molecule has 1 amide bonds. The summed E-state index contributed by atoms with van der Waals surface area (Å²) in [6.07, 6.45) is 0.729. The molecule has 1 rings (SSSR count). The number of carboxylic acids is 1. The zero-order valence-electron chi connectivity index (χ0n) is 9.46.